The van der Waals surface area contributed by atoms with Gasteiger partial charge >= 0.3 is 0 Å². The molecule has 1 amide bonds. The molecule has 2 aromatic carbocycles. The van der Waals surface area contributed by atoms with Crippen molar-refractivity contribution in [3.05, 3.63) is 65.9 Å². The molecule has 0 aliphatic rings. The lowest BCUT2D eigenvalue weighted by atomic mass is 10.1. The third-order valence-corrected chi connectivity index (χ3v) is 3.71. The van der Waals surface area contributed by atoms with Gasteiger partial charge in [-0.05, 0) is 30.3 Å². The van der Waals surface area contributed by atoms with E-state index in [-0.39, 0.29) is 0 Å². The summed E-state index contributed by atoms with van der Waals surface area (Å²) in [7, 11) is 3.17. The van der Waals surface area contributed by atoms with E-state index in [2.05, 4.69) is 20.7 Å². The van der Waals surface area contributed by atoms with E-state index in [1.807, 2.05) is 48.5 Å². The number of nitrogens with one attached hydrogen (secondary N) is 2. The molecule has 0 saturated heterocycles. The molecule has 7 heteroatoms. The first-order chi connectivity index (χ1) is 12.7. The second kappa shape index (κ2) is 7.98. The van der Waals surface area contributed by atoms with Crippen molar-refractivity contribution in [1.82, 2.24) is 15.6 Å². The van der Waals surface area contributed by atoms with E-state index < -0.39 is 5.91 Å². The number of aromatic amines is 1. The molecule has 0 atom stereocenters. The van der Waals surface area contributed by atoms with Crippen LogP contribution in [0.2, 0.25) is 0 Å². The normalized spacial score (nSPS) is 10.7. The van der Waals surface area contributed by atoms with Crippen molar-refractivity contribution in [2.24, 2.45) is 5.10 Å². The Morgan fingerprint density at radius 2 is 1.77 bits per heavy atom. The maximum Gasteiger partial charge on any atom is 0.289 e. The highest BCUT2D eigenvalue weighted by molar-refractivity contribution is 5.94. The van der Waals surface area contributed by atoms with Crippen LogP contribution < -0.4 is 14.9 Å². The predicted octanol–water partition coefficient (Wildman–Crippen LogP) is 2.86. The highest BCUT2D eigenvalue weighted by Crippen LogP contribution is 2.28. The number of carbonyl (C=O) groups excluding carboxylic acids is 1. The number of methoxy groups -OCH3 is 2. The molecule has 1 heterocycles. The quantitative estimate of drug-likeness (QED) is 0.528. The van der Waals surface area contributed by atoms with Gasteiger partial charge in [0.05, 0.1) is 26.1 Å². The molecular weight excluding hydrogens is 332 g/mol. The average molecular weight is 350 g/mol. The number of carbonyl (C=O) groups is 1. The molecule has 3 rings (SSSR count). The van der Waals surface area contributed by atoms with Crippen LogP contribution in [0.5, 0.6) is 11.5 Å². The van der Waals surface area contributed by atoms with Crippen molar-refractivity contribution in [3.8, 4) is 22.8 Å². The van der Waals surface area contributed by atoms with Gasteiger partial charge in [-0.25, -0.2) is 5.43 Å². The molecule has 0 unspecified atom stereocenters. The molecule has 0 bridgehead atoms. The Bertz CT molecular complexity index is 934. The van der Waals surface area contributed by atoms with Crippen LogP contribution in [0.4, 0.5) is 0 Å². The van der Waals surface area contributed by atoms with Crippen LogP contribution >= 0.6 is 0 Å². The molecule has 0 aliphatic carbocycles. The van der Waals surface area contributed by atoms with Crippen LogP contribution in [0, 0.1) is 0 Å². The summed E-state index contributed by atoms with van der Waals surface area (Å²) in [6.07, 6.45) is 1.52. The molecule has 0 aliphatic heterocycles. The lowest BCUT2D eigenvalue weighted by Gasteiger charge is -2.04. The molecule has 0 spiro atoms. The topological polar surface area (TPSA) is 88.6 Å². The first-order valence-electron chi connectivity index (χ1n) is 7.88. The van der Waals surface area contributed by atoms with Gasteiger partial charge in [0.15, 0.2) is 0 Å². The summed E-state index contributed by atoms with van der Waals surface area (Å²) in [6, 6.07) is 16.5. The molecule has 0 fully saturated rings. The van der Waals surface area contributed by atoms with E-state index in [0.29, 0.717) is 22.9 Å². The summed E-state index contributed by atoms with van der Waals surface area (Å²) in [5, 5.41) is 10.8. The van der Waals surface area contributed by atoms with Crippen molar-refractivity contribution < 1.29 is 14.3 Å². The Hall–Kier alpha value is -3.61. The van der Waals surface area contributed by atoms with Crippen LogP contribution in [0.15, 0.2) is 59.7 Å². The minimum Gasteiger partial charge on any atom is -0.496 e. The smallest absolute Gasteiger partial charge is 0.289 e. The second-order valence-electron chi connectivity index (χ2n) is 5.31. The van der Waals surface area contributed by atoms with Crippen LogP contribution in [-0.4, -0.2) is 36.5 Å². The van der Waals surface area contributed by atoms with E-state index in [9.17, 15) is 4.79 Å². The van der Waals surface area contributed by atoms with Gasteiger partial charge in [-0.2, -0.15) is 10.2 Å². The zero-order valence-electron chi connectivity index (χ0n) is 14.4. The fourth-order valence-corrected chi connectivity index (χ4v) is 2.43. The summed E-state index contributed by atoms with van der Waals surface area (Å²) in [5.41, 5.74) is 4.92. The Balaban J connectivity index is 1.71. The molecule has 2 N–H and O–H groups in total. The number of nitrogens with zero attached hydrogens (tertiary/aromatic N) is 2. The molecule has 132 valence electrons. The minimum atomic E-state index is -0.398. The number of ether oxygens (including phenoxy) is 2. The molecule has 1 aromatic heterocycles. The molecule has 0 saturated carbocycles. The lowest BCUT2D eigenvalue weighted by molar-refractivity contribution is 0.0950. The number of aromatic nitrogens is 2. The summed E-state index contributed by atoms with van der Waals surface area (Å²) in [6.45, 7) is 0. The van der Waals surface area contributed by atoms with Crippen molar-refractivity contribution in [1.29, 1.82) is 0 Å². The van der Waals surface area contributed by atoms with Gasteiger partial charge in [0.2, 0.25) is 0 Å². The van der Waals surface area contributed by atoms with Gasteiger partial charge in [-0.15, -0.1) is 0 Å². The molecule has 0 radical (unpaired) electrons. The van der Waals surface area contributed by atoms with E-state index in [0.717, 1.165) is 11.1 Å². The van der Waals surface area contributed by atoms with Crippen molar-refractivity contribution in [2.45, 2.75) is 0 Å². The zero-order chi connectivity index (χ0) is 18.4. The van der Waals surface area contributed by atoms with Crippen LogP contribution in [0.3, 0.4) is 0 Å². The van der Waals surface area contributed by atoms with E-state index >= 15 is 0 Å². The summed E-state index contributed by atoms with van der Waals surface area (Å²) in [5.74, 6) is 0.954. The predicted molar refractivity (Wildman–Crippen MR) is 98.6 cm³/mol. The van der Waals surface area contributed by atoms with E-state index in [1.54, 1.807) is 20.3 Å². The van der Waals surface area contributed by atoms with Crippen molar-refractivity contribution in [3.63, 3.8) is 0 Å². The minimum absolute atomic E-state index is 0.295. The Kier molecular flexibility index (Phi) is 5.28. The summed E-state index contributed by atoms with van der Waals surface area (Å²) < 4.78 is 10.5. The Morgan fingerprint density at radius 1 is 1.08 bits per heavy atom. The van der Waals surface area contributed by atoms with Crippen molar-refractivity contribution in [2.75, 3.05) is 14.2 Å². The lowest BCUT2D eigenvalue weighted by Crippen LogP contribution is -2.18. The monoisotopic (exact) mass is 350 g/mol. The molecular formula is C19H18N4O3. The van der Waals surface area contributed by atoms with Crippen LogP contribution in [0.1, 0.15) is 16.1 Å². The fourth-order valence-electron chi connectivity index (χ4n) is 2.43. The maximum atomic E-state index is 12.2. The largest absolute Gasteiger partial charge is 0.496 e. The highest BCUT2D eigenvalue weighted by Gasteiger charge is 2.13. The van der Waals surface area contributed by atoms with Gasteiger partial charge in [0.25, 0.3) is 5.91 Å². The van der Waals surface area contributed by atoms with Gasteiger partial charge in [0, 0.05) is 11.1 Å². The fraction of sp³-hybridized carbons (Fsp3) is 0.105. The summed E-state index contributed by atoms with van der Waals surface area (Å²) >= 11 is 0. The van der Waals surface area contributed by atoms with Crippen LogP contribution in [0.25, 0.3) is 11.3 Å². The number of hydrogen-bond donors (Lipinski definition) is 2. The molecule has 7 nitrogen and oxygen atoms in total. The number of hydrazone groups is 1. The maximum absolute atomic E-state index is 12.2. The van der Waals surface area contributed by atoms with Gasteiger partial charge in [-0.1, -0.05) is 24.3 Å². The van der Waals surface area contributed by atoms with Crippen LogP contribution in [-0.2, 0) is 0 Å². The SMILES string of the molecule is COc1ccccc1C=NNC(=O)c1cc(-c2ccccc2OC)n[nH]1. The number of hydrogen-bond acceptors (Lipinski definition) is 5. The standard InChI is InChI=1S/C19H18N4O3/c1-25-17-9-5-3-7-13(17)12-20-23-19(24)16-11-15(21-22-16)14-8-4-6-10-18(14)26-2/h3-12H,1-2H3,(H,21,22)(H,23,24). The zero-order valence-corrected chi connectivity index (χ0v) is 14.4. The number of H-pyrrole nitrogens is 1. The first-order valence-corrected chi connectivity index (χ1v) is 7.88. The van der Waals surface area contributed by atoms with Gasteiger partial charge in [0.1, 0.15) is 17.2 Å². The van der Waals surface area contributed by atoms with E-state index in [1.165, 1.54) is 6.21 Å². The molecule has 3 aromatic rings. The average Bonchev–Trinajstić information content (AvgIpc) is 3.18. The Labute approximate surface area is 150 Å². The second-order valence-corrected chi connectivity index (χ2v) is 5.31. The summed E-state index contributed by atoms with van der Waals surface area (Å²) in [4.78, 5) is 12.2. The highest BCUT2D eigenvalue weighted by atomic mass is 16.5. The van der Waals surface area contributed by atoms with E-state index in [4.69, 9.17) is 9.47 Å². The third-order valence-electron chi connectivity index (χ3n) is 3.71. The number of benzene rings is 2. The number of rotatable bonds is 6. The first kappa shape index (κ1) is 17.2. The number of para-hydroxylation sites is 2. The van der Waals surface area contributed by atoms with Gasteiger partial charge < -0.3 is 9.47 Å². The van der Waals surface area contributed by atoms with Gasteiger partial charge in [-0.3, -0.25) is 9.89 Å². The Morgan fingerprint density at radius 3 is 2.54 bits per heavy atom. The molecule has 26 heavy (non-hydrogen) atoms. The third kappa shape index (κ3) is 3.72. The number of amides is 1. The van der Waals surface area contributed by atoms with Crippen molar-refractivity contribution >= 4 is 12.1 Å².